The summed E-state index contributed by atoms with van der Waals surface area (Å²) in [4.78, 5) is 8.35. The maximum atomic E-state index is 6.00. The molecule has 0 spiro atoms. The van der Waals surface area contributed by atoms with Crippen LogP contribution in [0.1, 0.15) is 0 Å². The first-order valence-electron chi connectivity index (χ1n) is 4.88. The van der Waals surface area contributed by atoms with Crippen molar-refractivity contribution < 1.29 is 0 Å². The molecule has 2 heterocycles. The van der Waals surface area contributed by atoms with Crippen LogP contribution in [0.25, 0.3) is 16.6 Å². The maximum absolute atomic E-state index is 6.00. The van der Waals surface area contributed by atoms with E-state index < -0.39 is 0 Å². The first kappa shape index (κ1) is 9.36. The highest BCUT2D eigenvalue weighted by molar-refractivity contribution is 6.30. The monoisotopic (exact) mass is 229 g/mol. The predicted octanol–water partition coefficient (Wildman–Crippen LogP) is 3.07. The molecule has 0 saturated carbocycles. The average molecular weight is 230 g/mol. The van der Waals surface area contributed by atoms with E-state index in [0.29, 0.717) is 5.15 Å². The van der Waals surface area contributed by atoms with Crippen molar-refractivity contribution in [2.24, 2.45) is 0 Å². The zero-order valence-corrected chi connectivity index (χ0v) is 9.09. The quantitative estimate of drug-likeness (QED) is 0.601. The number of hydrogen-bond donors (Lipinski definition) is 0. The van der Waals surface area contributed by atoms with Crippen molar-refractivity contribution in [1.82, 2.24) is 14.5 Å². The van der Waals surface area contributed by atoms with E-state index in [1.807, 2.05) is 41.1 Å². The van der Waals surface area contributed by atoms with Crippen LogP contribution in [-0.2, 0) is 0 Å². The van der Waals surface area contributed by atoms with Gasteiger partial charge in [0, 0.05) is 17.8 Å². The summed E-state index contributed by atoms with van der Waals surface area (Å²) < 4.78 is 1.86. The molecule has 0 atom stereocenters. The van der Waals surface area contributed by atoms with Gasteiger partial charge in [-0.25, -0.2) is 9.97 Å². The number of aromatic nitrogens is 3. The normalized spacial score (nSPS) is 10.8. The van der Waals surface area contributed by atoms with Gasteiger partial charge in [-0.1, -0.05) is 35.9 Å². The maximum Gasteiger partial charge on any atom is 0.147 e. The van der Waals surface area contributed by atoms with E-state index in [0.717, 1.165) is 16.6 Å². The van der Waals surface area contributed by atoms with Gasteiger partial charge in [-0.05, 0) is 11.5 Å². The van der Waals surface area contributed by atoms with Crippen LogP contribution in [-0.4, -0.2) is 14.5 Å². The third kappa shape index (κ3) is 1.46. The van der Waals surface area contributed by atoms with Gasteiger partial charge in [0.15, 0.2) is 0 Å². The number of pyridine rings is 1. The number of imidazole rings is 1. The molecule has 3 nitrogen and oxygen atoms in total. The van der Waals surface area contributed by atoms with Crippen molar-refractivity contribution in [1.29, 1.82) is 0 Å². The van der Waals surface area contributed by atoms with Gasteiger partial charge in [0.25, 0.3) is 0 Å². The SMILES string of the molecule is Clc1cc2ccccc2c(-n2ccnc2)n1. The molecule has 0 amide bonds. The van der Waals surface area contributed by atoms with Crippen LogP contribution in [0.5, 0.6) is 0 Å². The van der Waals surface area contributed by atoms with Crippen LogP contribution in [0.4, 0.5) is 0 Å². The number of rotatable bonds is 1. The van der Waals surface area contributed by atoms with E-state index in [2.05, 4.69) is 9.97 Å². The molecule has 2 aromatic heterocycles. The van der Waals surface area contributed by atoms with Gasteiger partial charge < -0.3 is 0 Å². The van der Waals surface area contributed by atoms with Crippen molar-refractivity contribution in [3.63, 3.8) is 0 Å². The Kier molecular flexibility index (Phi) is 2.11. The number of halogens is 1. The molecule has 0 unspecified atom stereocenters. The number of nitrogens with zero attached hydrogens (tertiary/aromatic N) is 3. The van der Waals surface area contributed by atoms with E-state index in [1.54, 1.807) is 12.5 Å². The average Bonchev–Trinajstić information content (AvgIpc) is 2.81. The number of benzene rings is 1. The molecule has 78 valence electrons. The molecule has 0 aliphatic heterocycles. The molecule has 0 aliphatic rings. The van der Waals surface area contributed by atoms with Crippen molar-refractivity contribution in [3.05, 3.63) is 54.2 Å². The van der Waals surface area contributed by atoms with Crippen molar-refractivity contribution in [3.8, 4) is 5.82 Å². The first-order chi connectivity index (χ1) is 7.84. The van der Waals surface area contributed by atoms with Crippen LogP contribution in [0.3, 0.4) is 0 Å². The molecule has 0 saturated heterocycles. The Bertz CT molecular complexity index is 632. The molecule has 16 heavy (non-hydrogen) atoms. The van der Waals surface area contributed by atoms with Crippen molar-refractivity contribution in [2.45, 2.75) is 0 Å². The molecule has 0 bridgehead atoms. The van der Waals surface area contributed by atoms with E-state index in [1.165, 1.54) is 0 Å². The standard InChI is InChI=1S/C12H8ClN3/c13-11-7-9-3-1-2-4-10(9)12(15-11)16-6-5-14-8-16/h1-8H. The molecule has 3 rings (SSSR count). The second-order valence-electron chi connectivity index (χ2n) is 3.46. The Morgan fingerprint density at radius 3 is 2.88 bits per heavy atom. The van der Waals surface area contributed by atoms with Gasteiger partial charge in [-0.3, -0.25) is 4.57 Å². The molecule has 0 aliphatic carbocycles. The third-order valence-electron chi connectivity index (χ3n) is 2.44. The Morgan fingerprint density at radius 1 is 1.19 bits per heavy atom. The fourth-order valence-corrected chi connectivity index (χ4v) is 1.93. The summed E-state index contributed by atoms with van der Waals surface area (Å²) in [5.74, 6) is 0.806. The lowest BCUT2D eigenvalue weighted by Gasteiger charge is -2.06. The molecular formula is C12H8ClN3. The summed E-state index contributed by atoms with van der Waals surface area (Å²) in [6.45, 7) is 0. The predicted molar refractivity (Wildman–Crippen MR) is 63.9 cm³/mol. The summed E-state index contributed by atoms with van der Waals surface area (Å²) in [7, 11) is 0. The molecule has 0 radical (unpaired) electrons. The largest absolute Gasteiger partial charge is 0.290 e. The fraction of sp³-hybridized carbons (Fsp3) is 0. The van der Waals surface area contributed by atoms with E-state index in [4.69, 9.17) is 11.6 Å². The Morgan fingerprint density at radius 2 is 2.06 bits per heavy atom. The minimum Gasteiger partial charge on any atom is -0.290 e. The third-order valence-corrected chi connectivity index (χ3v) is 2.63. The highest BCUT2D eigenvalue weighted by atomic mass is 35.5. The molecular weight excluding hydrogens is 222 g/mol. The van der Waals surface area contributed by atoms with Crippen LogP contribution in [0, 0.1) is 0 Å². The Hall–Kier alpha value is -1.87. The van der Waals surface area contributed by atoms with Gasteiger partial charge in [-0.15, -0.1) is 0 Å². The van der Waals surface area contributed by atoms with E-state index >= 15 is 0 Å². The van der Waals surface area contributed by atoms with Gasteiger partial charge >= 0.3 is 0 Å². The summed E-state index contributed by atoms with van der Waals surface area (Å²) in [6, 6.07) is 9.86. The Labute approximate surface area is 97.3 Å². The second-order valence-corrected chi connectivity index (χ2v) is 3.85. The summed E-state index contributed by atoms with van der Waals surface area (Å²) in [6.07, 6.45) is 5.29. The molecule has 1 aromatic carbocycles. The molecule has 3 aromatic rings. The fourth-order valence-electron chi connectivity index (χ4n) is 1.73. The summed E-state index contributed by atoms with van der Waals surface area (Å²) in [5, 5.41) is 2.62. The minimum absolute atomic E-state index is 0.488. The highest BCUT2D eigenvalue weighted by Crippen LogP contribution is 2.23. The minimum atomic E-state index is 0.488. The molecule has 0 N–H and O–H groups in total. The van der Waals surface area contributed by atoms with Crippen LogP contribution < -0.4 is 0 Å². The van der Waals surface area contributed by atoms with Crippen molar-refractivity contribution in [2.75, 3.05) is 0 Å². The zero-order valence-electron chi connectivity index (χ0n) is 8.34. The van der Waals surface area contributed by atoms with Gasteiger partial charge in [-0.2, -0.15) is 0 Å². The van der Waals surface area contributed by atoms with Crippen molar-refractivity contribution >= 4 is 22.4 Å². The lowest BCUT2D eigenvalue weighted by atomic mass is 10.1. The first-order valence-corrected chi connectivity index (χ1v) is 5.26. The van der Waals surface area contributed by atoms with Crippen LogP contribution in [0.2, 0.25) is 5.15 Å². The highest BCUT2D eigenvalue weighted by Gasteiger charge is 2.05. The van der Waals surface area contributed by atoms with Crippen LogP contribution >= 0.6 is 11.6 Å². The number of hydrogen-bond acceptors (Lipinski definition) is 2. The van der Waals surface area contributed by atoms with E-state index in [-0.39, 0.29) is 0 Å². The number of fused-ring (bicyclic) bond motifs is 1. The summed E-state index contributed by atoms with van der Waals surface area (Å²) >= 11 is 6.00. The smallest absolute Gasteiger partial charge is 0.147 e. The molecule has 4 heteroatoms. The summed E-state index contributed by atoms with van der Waals surface area (Å²) in [5.41, 5.74) is 0. The van der Waals surface area contributed by atoms with E-state index in [9.17, 15) is 0 Å². The molecule has 0 fully saturated rings. The Balaban J connectivity index is 2.39. The second kappa shape index (κ2) is 3.61. The van der Waals surface area contributed by atoms with Gasteiger partial charge in [0.2, 0.25) is 0 Å². The topological polar surface area (TPSA) is 30.7 Å². The zero-order chi connectivity index (χ0) is 11.0. The lowest BCUT2D eigenvalue weighted by Crippen LogP contribution is -1.96. The van der Waals surface area contributed by atoms with Gasteiger partial charge in [0.1, 0.15) is 17.3 Å². The van der Waals surface area contributed by atoms with Crippen LogP contribution in [0.15, 0.2) is 49.1 Å². The lowest BCUT2D eigenvalue weighted by molar-refractivity contribution is 1.01. The van der Waals surface area contributed by atoms with Gasteiger partial charge in [0.05, 0.1) is 0 Å².